The van der Waals surface area contributed by atoms with Gasteiger partial charge >= 0.3 is 12.2 Å². The Hall–Kier alpha value is -4.96. The van der Waals surface area contributed by atoms with Crippen LogP contribution in [0.1, 0.15) is 70.7 Å². The number of alkyl carbamates (subject to hydrolysis) is 2. The molecule has 2 aromatic carbocycles. The molecule has 0 bridgehead atoms. The summed E-state index contributed by atoms with van der Waals surface area (Å²) < 4.78 is 9.50. The lowest BCUT2D eigenvalue weighted by Gasteiger charge is -2.30. The van der Waals surface area contributed by atoms with E-state index in [0.29, 0.717) is 13.1 Å². The zero-order valence-corrected chi connectivity index (χ0v) is 35.4. The second-order valence-electron chi connectivity index (χ2n) is 15.7. The molecule has 4 N–H and O–H groups in total. The molecule has 16 heteroatoms. The maximum Gasteiger partial charge on any atom is 0.407 e. The van der Waals surface area contributed by atoms with Crippen LogP contribution >= 0.6 is 23.5 Å². The van der Waals surface area contributed by atoms with E-state index in [2.05, 4.69) is 74.1 Å². The van der Waals surface area contributed by atoms with Crippen molar-refractivity contribution in [2.75, 3.05) is 38.8 Å². The number of carbonyl (C=O) groups excluding carboxylic acids is 4. The van der Waals surface area contributed by atoms with Crippen LogP contribution in [-0.2, 0) is 19.1 Å². The van der Waals surface area contributed by atoms with Crippen LogP contribution in [0.2, 0.25) is 0 Å². The zero-order valence-electron chi connectivity index (χ0n) is 33.7. The fourth-order valence-electron chi connectivity index (χ4n) is 8.08. The number of aromatic nitrogens is 4. The SMILES string of the molecule is COC(=O)N[C@H](C(=O)N1CCCC1c1ncc(-c2ccc(-c3ccc(-c4cnc([C@@H]5CC6(CN5C(=O)[C@@H](NC(=O)OC)C(C)C)SCCS6)[nH]4)cc3)cc2)[nH]1)C(C)C. The van der Waals surface area contributed by atoms with E-state index in [1.165, 1.54) is 14.2 Å². The maximum atomic E-state index is 14.0. The highest BCUT2D eigenvalue weighted by Gasteiger charge is 2.51. The first-order valence-corrected chi connectivity index (χ1v) is 21.8. The predicted molar refractivity (Wildman–Crippen MR) is 226 cm³/mol. The molecule has 1 unspecified atom stereocenters. The number of ether oxygens (including phenoxy) is 2. The predicted octanol–water partition coefficient (Wildman–Crippen LogP) is 7.01. The number of nitrogens with one attached hydrogen (secondary N) is 4. The van der Waals surface area contributed by atoms with Gasteiger partial charge in [0.2, 0.25) is 11.8 Å². The second kappa shape index (κ2) is 17.5. The Labute approximate surface area is 347 Å². The Kier molecular flexibility index (Phi) is 12.4. The van der Waals surface area contributed by atoms with E-state index in [1.54, 1.807) is 6.20 Å². The third kappa shape index (κ3) is 8.58. The van der Waals surface area contributed by atoms with Crippen molar-refractivity contribution in [3.8, 4) is 33.6 Å². The van der Waals surface area contributed by atoms with Crippen LogP contribution in [0, 0.1) is 11.8 Å². The number of amides is 4. The number of likely N-dealkylation sites (tertiary alicyclic amines) is 2. The smallest absolute Gasteiger partial charge is 0.407 e. The van der Waals surface area contributed by atoms with E-state index in [9.17, 15) is 19.2 Å². The summed E-state index contributed by atoms with van der Waals surface area (Å²) in [7, 11) is 2.59. The lowest BCUT2D eigenvalue weighted by Crippen LogP contribution is -2.51. The number of aromatic amines is 2. The Morgan fingerprint density at radius 1 is 0.707 bits per heavy atom. The van der Waals surface area contributed by atoms with Gasteiger partial charge < -0.3 is 39.9 Å². The molecule has 5 heterocycles. The minimum atomic E-state index is -0.712. The quantitative estimate of drug-likeness (QED) is 0.123. The summed E-state index contributed by atoms with van der Waals surface area (Å²) in [5.74, 6) is 3.04. The number of nitrogens with zero attached hydrogens (tertiary/aromatic N) is 4. The molecule has 14 nitrogen and oxygen atoms in total. The van der Waals surface area contributed by atoms with E-state index >= 15 is 0 Å². The first-order chi connectivity index (χ1) is 27.9. The summed E-state index contributed by atoms with van der Waals surface area (Å²) in [6.45, 7) is 8.82. The molecule has 0 aliphatic carbocycles. The molecule has 1 spiro atoms. The fourth-order valence-corrected chi connectivity index (χ4v) is 11.3. The van der Waals surface area contributed by atoms with Crippen molar-refractivity contribution in [3.05, 3.63) is 72.6 Å². The topological polar surface area (TPSA) is 175 Å². The van der Waals surface area contributed by atoms with Gasteiger partial charge in [0.05, 0.1) is 54.2 Å². The number of hydrogen-bond acceptors (Lipinski definition) is 10. The Bertz CT molecular complexity index is 2100. The first-order valence-electron chi connectivity index (χ1n) is 19.8. The molecule has 3 saturated heterocycles. The van der Waals surface area contributed by atoms with Crippen LogP contribution in [0.4, 0.5) is 9.59 Å². The van der Waals surface area contributed by atoms with Crippen LogP contribution < -0.4 is 10.6 Å². The van der Waals surface area contributed by atoms with Crippen molar-refractivity contribution >= 4 is 47.5 Å². The van der Waals surface area contributed by atoms with E-state index in [4.69, 9.17) is 14.5 Å². The van der Waals surface area contributed by atoms with E-state index in [0.717, 1.165) is 76.1 Å². The number of imidazole rings is 2. The Morgan fingerprint density at radius 2 is 1.16 bits per heavy atom. The number of carbonyl (C=O) groups is 4. The van der Waals surface area contributed by atoms with E-state index < -0.39 is 24.3 Å². The van der Waals surface area contributed by atoms with Gasteiger partial charge in [0.15, 0.2) is 0 Å². The summed E-state index contributed by atoms with van der Waals surface area (Å²) in [5, 5.41) is 5.46. The van der Waals surface area contributed by atoms with Gasteiger partial charge in [-0.15, -0.1) is 23.5 Å². The molecule has 7 rings (SSSR count). The highest BCUT2D eigenvalue weighted by Crippen LogP contribution is 2.55. The van der Waals surface area contributed by atoms with Crippen molar-refractivity contribution in [2.24, 2.45) is 11.8 Å². The molecule has 3 fully saturated rings. The van der Waals surface area contributed by atoms with Crippen molar-refractivity contribution < 1.29 is 28.7 Å². The summed E-state index contributed by atoms with van der Waals surface area (Å²) >= 11 is 3.81. The summed E-state index contributed by atoms with van der Waals surface area (Å²) in [5.41, 5.74) is 5.79. The first kappa shape index (κ1) is 41.2. The number of methoxy groups -OCH3 is 2. The van der Waals surface area contributed by atoms with Crippen molar-refractivity contribution in [3.63, 3.8) is 0 Å². The second-order valence-corrected chi connectivity index (χ2v) is 18.9. The zero-order chi connectivity index (χ0) is 41.1. The van der Waals surface area contributed by atoms with Gasteiger partial charge in [-0.05, 0) is 46.9 Å². The molecule has 2 aromatic heterocycles. The summed E-state index contributed by atoms with van der Waals surface area (Å²) in [6, 6.07) is 14.7. The summed E-state index contributed by atoms with van der Waals surface area (Å²) in [4.78, 5) is 71.9. The maximum absolute atomic E-state index is 14.0. The van der Waals surface area contributed by atoms with Crippen LogP contribution in [0.3, 0.4) is 0 Å². The molecular weight excluding hydrogens is 777 g/mol. The van der Waals surface area contributed by atoms with Gasteiger partial charge in [0, 0.05) is 31.0 Å². The molecule has 3 aliphatic rings. The molecule has 0 radical (unpaired) electrons. The molecular formula is C42H52N8O6S2. The normalized spacial score (nSPS) is 19.8. The minimum Gasteiger partial charge on any atom is -0.453 e. The number of H-pyrrole nitrogens is 2. The van der Waals surface area contributed by atoms with Gasteiger partial charge in [0.25, 0.3) is 0 Å². The fraction of sp³-hybridized carbons (Fsp3) is 0.476. The molecule has 4 amide bonds. The van der Waals surface area contributed by atoms with Gasteiger partial charge in [-0.2, -0.15) is 0 Å². The van der Waals surface area contributed by atoms with E-state index in [1.807, 2.05) is 67.2 Å². The lowest BCUT2D eigenvalue weighted by atomic mass is 10.0. The van der Waals surface area contributed by atoms with Crippen LogP contribution in [0.15, 0.2) is 60.9 Å². The number of rotatable bonds is 11. The standard InChI is InChI=1S/C42H52N8O6S2/c1-24(2)34(47-40(53)55-5)38(51)49-17-7-8-32(49)36-43-21-30(45-36)28-13-9-26(10-14-28)27-11-15-29(16-12-27)31-22-44-37(46-31)33-20-42(57-18-19-58-42)23-50(33)39(52)35(25(3)4)48-41(54)56-6/h9-16,21-22,24-25,32-35H,7-8,17-20,23H2,1-6H3,(H,43,45)(H,44,46)(H,47,53)(H,48,54)/t32?,33-,34-,35-/m0/s1. The number of hydrogen-bond donors (Lipinski definition) is 4. The molecule has 58 heavy (non-hydrogen) atoms. The minimum absolute atomic E-state index is 0.0997. The van der Waals surface area contributed by atoms with E-state index in [-0.39, 0.29) is 39.8 Å². The number of thioether (sulfide) groups is 2. The molecule has 4 aromatic rings. The van der Waals surface area contributed by atoms with Crippen LogP contribution in [-0.4, -0.2) is 109 Å². The molecule has 308 valence electrons. The third-order valence-corrected chi connectivity index (χ3v) is 14.7. The van der Waals surface area contributed by atoms with Gasteiger partial charge in [-0.25, -0.2) is 19.6 Å². The third-order valence-electron chi connectivity index (χ3n) is 11.3. The Balaban J connectivity index is 1.03. The van der Waals surface area contributed by atoms with Gasteiger partial charge in [-0.3, -0.25) is 9.59 Å². The molecule has 4 atom stereocenters. The van der Waals surface area contributed by atoms with Crippen molar-refractivity contribution in [1.29, 1.82) is 0 Å². The molecule has 0 saturated carbocycles. The van der Waals surface area contributed by atoms with Crippen molar-refractivity contribution in [2.45, 2.75) is 75.2 Å². The monoisotopic (exact) mass is 828 g/mol. The average Bonchev–Trinajstić information content (AvgIpc) is 4.09. The average molecular weight is 829 g/mol. The van der Waals surface area contributed by atoms with Gasteiger partial charge in [-0.1, -0.05) is 76.2 Å². The van der Waals surface area contributed by atoms with Crippen molar-refractivity contribution in [1.82, 2.24) is 40.4 Å². The van der Waals surface area contributed by atoms with Crippen LogP contribution in [0.25, 0.3) is 33.6 Å². The largest absolute Gasteiger partial charge is 0.453 e. The highest BCUT2D eigenvalue weighted by atomic mass is 32.2. The summed E-state index contributed by atoms with van der Waals surface area (Å²) in [6.07, 6.45) is 4.79. The van der Waals surface area contributed by atoms with Crippen LogP contribution in [0.5, 0.6) is 0 Å². The molecule has 3 aliphatic heterocycles. The van der Waals surface area contributed by atoms with Gasteiger partial charge in [0.1, 0.15) is 23.7 Å². The lowest BCUT2D eigenvalue weighted by molar-refractivity contribution is -0.136. The Morgan fingerprint density at radius 3 is 1.62 bits per heavy atom. The number of benzene rings is 2. The highest BCUT2D eigenvalue weighted by molar-refractivity contribution is 8.21.